The zero-order valence-electron chi connectivity index (χ0n) is 25.2. The van der Waals surface area contributed by atoms with E-state index in [2.05, 4.69) is 27.2 Å². The van der Waals surface area contributed by atoms with Gasteiger partial charge in [-0.15, -0.1) is 0 Å². The number of carbonyl (C=O) groups is 2. The molecule has 11 heteroatoms. The second-order valence-electron chi connectivity index (χ2n) is 13.1. The number of hydrazine groups is 1. The van der Waals surface area contributed by atoms with Crippen LogP contribution in [0.2, 0.25) is 0 Å². The van der Waals surface area contributed by atoms with E-state index in [-0.39, 0.29) is 49.5 Å². The molecule has 2 amide bonds. The fraction of sp³-hybridized carbons (Fsp3) is 0.594. The summed E-state index contributed by atoms with van der Waals surface area (Å²) in [6.45, 7) is 4.88. The van der Waals surface area contributed by atoms with Gasteiger partial charge in [0.05, 0.1) is 37.9 Å². The number of rotatable bonds is 7. The highest BCUT2D eigenvalue weighted by Crippen LogP contribution is 2.40. The topological polar surface area (TPSA) is 119 Å². The molecule has 1 aliphatic carbocycles. The van der Waals surface area contributed by atoms with Crippen molar-refractivity contribution in [2.45, 2.75) is 82.3 Å². The number of benzene rings is 1. The molecule has 6 atom stereocenters. The van der Waals surface area contributed by atoms with Crippen molar-refractivity contribution in [1.82, 2.24) is 31.0 Å². The molecule has 232 valence electrons. The number of hydrogen-bond donors (Lipinski definition) is 4. The Morgan fingerprint density at radius 1 is 1.19 bits per heavy atom. The summed E-state index contributed by atoms with van der Waals surface area (Å²) >= 11 is 0. The van der Waals surface area contributed by atoms with Crippen LogP contribution < -0.4 is 20.9 Å². The largest absolute Gasteiger partial charge is 0.496 e. The molecule has 4 aliphatic rings. The summed E-state index contributed by atoms with van der Waals surface area (Å²) in [7, 11) is 1.51. The molecule has 1 saturated carbocycles. The number of aryl methyl sites for hydroxylation is 1. The fourth-order valence-electron chi connectivity index (χ4n) is 7.55. The molecule has 2 aromatic rings. The van der Waals surface area contributed by atoms with Gasteiger partial charge < -0.3 is 20.1 Å². The minimum atomic E-state index is -0.876. The van der Waals surface area contributed by atoms with Crippen LogP contribution in [0.25, 0.3) is 0 Å². The standard InChI is InChI=1S/C32H43FN6O4/c1-19-13-20(11-12-34-19)29-23-14-21(7-9-26(23)36-37-29)30(40)35-22-8-10-27(31(41)39-17-32(2,42)18-39)38(15-22)16-24-25(33)5-4-6-28(24)43-3/h4-6,11-13,21-23,26-27,29,36-37,42H,7-10,14-18H2,1-3H3,(H,35,40)/t21?,22-,23?,26?,27+,29?/m1/s1. The molecule has 43 heavy (non-hydrogen) atoms. The number of nitrogens with zero attached hydrogens (tertiary/aromatic N) is 3. The minimum Gasteiger partial charge on any atom is -0.496 e. The Kier molecular flexibility index (Phi) is 8.43. The molecule has 4 fully saturated rings. The average molecular weight is 595 g/mol. The summed E-state index contributed by atoms with van der Waals surface area (Å²) in [4.78, 5) is 35.1. The molecule has 4 unspecified atom stereocenters. The molecule has 3 aliphatic heterocycles. The van der Waals surface area contributed by atoms with Gasteiger partial charge >= 0.3 is 0 Å². The summed E-state index contributed by atoms with van der Waals surface area (Å²) in [6.07, 6.45) is 5.52. The smallest absolute Gasteiger partial charge is 0.240 e. The van der Waals surface area contributed by atoms with Gasteiger partial charge in [0.25, 0.3) is 0 Å². The molecule has 3 saturated heterocycles. The number of nitrogens with one attached hydrogen (secondary N) is 3. The average Bonchev–Trinajstić information content (AvgIpc) is 3.40. The lowest BCUT2D eigenvalue weighted by Crippen LogP contribution is -2.66. The Morgan fingerprint density at radius 3 is 2.74 bits per heavy atom. The molecule has 1 aromatic heterocycles. The van der Waals surface area contributed by atoms with Crippen LogP contribution in [0.3, 0.4) is 0 Å². The van der Waals surface area contributed by atoms with Gasteiger partial charge in [0.2, 0.25) is 11.8 Å². The number of methoxy groups -OCH3 is 1. The van der Waals surface area contributed by atoms with E-state index in [1.807, 2.05) is 24.1 Å². The third kappa shape index (κ3) is 6.26. The predicted octanol–water partition coefficient (Wildman–Crippen LogP) is 2.21. The lowest BCUT2D eigenvalue weighted by atomic mass is 9.74. The van der Waals surface area contributed by atoms with E-state index in [9.17, 15) is 19.1 Å². The third-order valence-electron chi connectivity index (χ3n) is 9.75. The fourth-order valence-corrected chi connectivity index (χ4v) is 7.55. The SMILES string of the molecule is COc1cccc(F)c1CN1C[C@H](NC(=O)C2CCC3NNC(c4ccnc(C)c4)C3C2)CC[C@H]1C(=O)N1CC(C)(O)C1. The number of fused-ring (bicyclic) bond motifs is 1. The van der Waals surface area contributed by atoms with E-state index in [1.54, 1.807) is 24.0 Å². The lowest BCUT2D eigenvalue weighted by molar-refractivity contribution is -0.159. The molecule has 0 spiro atoms. The maximum absolute atomic E-state index is 15.0. The number of likely N-dealkylation sites (tertiary alicyclic amines) is 2. The van der Waals surface area contributed by atoms with Crippen LogP contribution >= 0.6 is 0 Å². The van der Waals surface area contributed by atoms with Gasteiger partial charge in [0.1, 0.15) is 11.6 Å². The molecular formula is C32H43FN6O4. The van der Waals surface area contributed by atoms with Crippen LogP contribution in [0.15, 0.2) is 36.5 Å². The highest BCUT2D eigenvalue weighted by Gasteiger charge is 2.46. The van der Waals surface area contributed by atoms with E-state index in [0.29, 0.717) is 42.7 Å². The molecule has 0 radical (unpaired) electrons. The molecular weight excluding hydrogens is 551 g/mol. The maximum Gasteiger partial charge on any atom is 0.240 e. The van der Waals surface area contributed by atoms with Gasteiger partial charge in [0, 0.05) is 48.5 Å². The Balaban J connectivity index is 1.14. The van der Waals surface area contributed by atoms with Crippen molar-refractivity contribution >= 4 is 11.8 Å². The molecule has 4 N–H and O–H groups in total. The van der Waals surface area contributed by atoms with Crippen molar-refractivity contribution in [1.29, 1.82) is 0 Å². The number of amides is 2. The van der Waals surface area contributed by atoms with Crippen molar-refractivity contribution in [3.63, 3.8) is 0 Å². The summed E-state index contributed by atoms with van der Waals surface area (Å²) in [5.41, 5.74) is 8.57. The second kappa shape index (κ2) is 12.1. The normalized spacial score (nSPS) is 30.3. The first-order valence-electron chi connectivity index (χ1n) is 15.4. The van der Waals surface area contributed by atoms with E-state index >= 15 is 0 Å². The number of aliphatic hydroxyl groups is 1. The van der Waals surface area contributed by atoms with Crippen LogP contribution in [0.5, 0.6) is 5.75 Å². The first kappa shape index (κ1) is 29.9. The number of halogens is 1. The molecule has 10 nitrogen and oxygen atoms in total. The van der Waals surface area contributed by atoms with Crippen molar-refractivity contribution in [2.24, 2.45) is 11.8 Å². The monoisotopic (exact) mass is 594 g/mol. The summed E-state index contributed by atoms with van der Waals surface area (Å²) < 4.78 is 20.4. The number of β-amino-alcohol motifs (C(OH)–C–C–N with tert-alkyl or cyclic N) is 1. The third-order valence-corrected chi connectivity index (χ3v) is 9.75. The van der Waals surface area contributed by atoms with Gasteiger partial charge in [0.15, 0.2) is 0 Å². The number of piperidine rings is 1. The van der Waals surface area contributed by atoms with Crippen molar-refractivity contribution < 1.29 is 23.8 Å². The van der Waals surface area contributed by atoms with E-state index < -0.39 is 17.5 Å². The minimum absolute atomic E-state index is 0.0481. The maximum atomic E-state index is 15.0. The lowest BCUT2D eigenvalue weighted by Gasteiger charge is -2.48. The van der Waals surface area contributed by atoms with Crippen molar-refractivity contribution in [2.75, 3.05) is 26.7 Å². The van der Waals surface area contributed by atoms with Gasteiger partial charge in [-0.1, -0.05) is 6.07 Å². The zero-order valence-corrected chi connectivity index (χ0v) is 25.2. The summed E-state index contributed by atoms with van der Waals surface area (Å²) in [5, 5.41) is 13.5. The summed E-state index contributed by atoms with van der Waals surface area (Å²) in [5.74, 6) is 0.210. The highest BCUT2D eigenvalue weighted by molar-refractivity contribution is 5.83. The van der Waals surface area contributed by atoms with Crippen LogP contribution in [-0.4, -0.2) is 82.2 Å². The molecule has 6 rings (SSSR count). The van der Waals surface area contributed by atoms with Crippen molar-refractivity contribution in [3.05, 3.63) is 59.2 Å². The van der Waals surface area contributed by atoms with E-state index in [0.717, 1.165) is 25.0 Å². The predicted molar refractivity (Wildman–Crippen MR) is 158 cm³/mol. The number of aromatic nitrogens is 1. The molecule has 4 heterocycles. The Labute approximate surface area is 252 Å². The number of pyridine rings is 1. The first-order chi connectivity index (χ1) is 20.6. The first-order valence-corrected chi connectivity index (χ1v) is 15.4. The van der Waals surface area contributed by atoms with Gasteiger partial charge in [-0.2, -0.15) is 0 Å². The van der Waals surface area contributed by atoms with E-state index in [1.165, 1.54) is 18.7 Å². The van der Waals surface area contributed by atoms with Crippen LogP contribution in [0, 0.1) is 24.6 Å². The number of hydrogen-bond acceptors (Lipinski definition) is 8. The quantitative estimate of drug-likeness (QED) is 0.386. The number of ether oxygens (including phenoxy) is 1. The van der Waals surface area contributed by atoms with E-state index in [4.69, 9.17) is 4.74 Å². The van der Waals surface area contributed by atoms with Gasteiger partial charge in [-0.3, -0.25) is 24.9 Å². The Hall–Kier alpha value is -3.12. The Bertz CT molecular complexity index is 1350. The Morgan fingerprint density at radius 2 is 2.00 bits per heavy atom. The summed E-state index contributed by atoms with van der Waals surface area (Å²) in [6, 6.07) is 8.67. The molecule has 0 bridgehead atoms. The van der Waals surface area contributed by atoms with Gasteiger partial charge in [-0.25, -0.2) is 9.82 Å². The van der Waals surface area contributed by atoms with Crippen molar-refractivity contribution in [3.8, 4) is 5.75 Å². The van der Waals surface area contributed by atoms with Crippen LogP contribution in [-0.2, 0) is 16.1 Å². The van der Waals surface area contributed by atoms with Gasteiger partial charge in [-0.05, 0) is 81.7 Å². The van der Waals surface area contributed by atoms with Crippen LogP contribution in [0.1, 0.15) is 61.9 Å². The zero-order chi connectivity index (χ0) is 30.3. The highest BCUT2D eigenvalue weighted by atomic mass is 19.1. The van der Waals surface area contributed by atoms with Crippen LogP contribution in [0.4, 0.5) is 4.39 Å². The number of carbonyl (C=O) groups excluding carboxylic acids is 2. The second-order valence-corrected chi connectivity index (χ2v) is 13.1. The molecule has 1 aromatic carbocycles.